The molecule has 0 radical (unpaired) electrons. The zero-order valence-corrected chi connectivity index (χ0v) is 12.4. The van der Waals surface area contributed by atoms with Gasteiger partial charge in [0.2, 0.25) is 11.5 Å². The van der Waals surface area contributed by atoms with Crippen molar-refractivity contribution in [3.8, 4) is 0 Å². The molecule has 2 rings (SSSR count). The molecule has 2 N–H and O–H groups in total. The van der Waals surface area contributed by atoms with Crippen LogP contribution in [-0.4, -0.2) is 40.8 Å². The number of hydrogen-bond donors (Lipinski definition) is 2. The minimum atomic E-state index is -0.292. The van der Waals surface area contributed by atoms with Crippen molar-refractivity contribution in [1.82, 2.24) is 15.2 Å². The number of aromatic nitrogens is 1. The Morgan fingerprint density at radius 1 is 1.29 bits per heavy atom. The highest BCUT2D eigenvalue weighted by atomic mass is 16.2. The molecule has 6 heteroatoms. The number of likely N-dealkylation sites (tertiary alicyclic amines) is 1. The molecule has 0 bridgehead atoms. The first-order chi connectivity index (χ1) is 9.97. The van der Waals surface area contributed by atoms with E-state index in [0.717, 1.165) is 12.8 Å². The highest BCUT2D eigenvalue weighted by Crippen LogP contribution is 2.13. The molecule has 0 aromatic carbocycles. The number of carbonyl (C=O) groups excluding carboxylic acids is 2. The lowest BCUT2D eigenvalue weighted by Gasteiger charge is -2.33. The molecular formula is C15H21N3O3. The van der Waals surface area contributed by atoms with Crippen molar-refractivity contribution in [2.45, 2.75) is 32.7 Å². The first kappa shape index (κ1) is 15.3. The summed E-state index contributed by atoms with van der Waals surface area (Å²) in [6.07, 6.45) is 1.47. The summed E-state index contributed by atoms with van der Waals surface area (Å²) in [5.41, 5.74) is -0.0248. The number of aromatic amines is 1. The van der Waals surface area contributed by atoms with Crippen LogP contribution in [0.1, 0.15) is 37.2 Å². The maximum atomic E-state index is 12.0. The van der Waals surface area contributed by atoms with Gasteiger partial charge < -0.3 is 15.2 Å². The van der Waals surface area contributed by atoms with Crippen LogP contribution in [0.15, 0.2) is 23.0 Å². The van der Waals surface area contributed by atoms with Gasteiger partial charge in [-0.1, -0.05) is 19.9 Å². The standard InChI is InChI=1S/C15H21N3O3/c1-10(2)15(21)18-8-6-11(7-9-18)16-14(20)12-4-3-5-13(19)17-12/h3-5,10-11H,6-9H2,1-2H3,(H,16,20)(H,17,19). The van der Waals surface area contributed by atoms with Crippen molar-refractivity contribution < 1.29 is 9.59 Å². The van der Waals surface area contributed by atoms with Gasteiger partial charge in [-0.15, -0.1) is 0 Å². The van der Waals surface area contributed by atoms with E-state index in [1.165, 1.54) is 6.07 Å². The minimum Gasteiger partial charge on any atom is -0.348 e. The van der Waals surface area contributed by atoms with Gasteiger partial charge in [0.1, 0.15) is 5.69 Å². The predicted molar refractivity (Wildman–Crippen MR) is 79.0 cm³/mol. The molecule has 2 heterocycles. The highest BCUT2D eigenvalue weighted by Gasteiger charge is 2.25. The lowest BCUT2D eigenvalue weighted by molar-refractivity contribution is -0.135. The molecule has 21 heavy (non-hydrogen) atoms. The number of amides is 2. The van der Waals surface area contributed by atoms with E-state index in [4.69, 9.17) is 0 Å². The quantitative estimate of drug-likeness (QED) is 0.862. The molecule has 0 atom stereocenters. The van der Waals surface area contributed by atoms with Gasteiger partial charge in [-0.25, -0.2) is 0 Å². The van der Waals surface area contributed by atoms with Crippen LogP contribution in [0.5, 0.6) is 0 Å². The topological polar surface area (TPSA) is 82.3 Å². The van der Waals surface area contributed by atoms with Crippen LogP contribution in [0, 0.1) is 5.92 Å². The van der Waals surface area contributed by atoms with E-state index in [1.54, 1.807) is 12.1 Å². The number of carbonyl (C=O) groups is 2. The molecular weight excluding hydrogens is 270 g/mol. The monoisotopic (exact) mass is 291 g/mol. The van der Waals surface area contributed by atoms with Crippen molar-refractivity contribution in [1.29, 1.82) is 0 Å². The Labute approximate surface area is 123 Å². The molecule has 1 saturated heterocycles. The third-order valence-corrected chi connectivity index (χ3v) is 3.65. The van der Waals surface area contributed by atoms with Crippen LogP contribution in [0.3, 0.4) is 0 Å². The molecule has 0 unspecified atom stereocenters. The Kier molecular flexibility index (Phi) is 4.77. The van der Waals surface area contributed by atoms with Crippen molar-refractivity contribution in [3.05, 3.63) is 34.2 Å². The number of nitrogens with one attached hydrogen (secondary N) is 2. The fraction of sp³-hybridized carbons (Fsp3) is 0.533. The molecule has 0 aliphatic carbocycles. The average Bonchev–Trinajstić information content (AvgIpc) is 2.47. The van der Waals surface area contributed by atoms with Gasteiger partial charge in [-0.2, -0.15) is 0 Å². The lowest BCUT2D eigenvalue weighted by Crippen LogP contribution is -2.47. The average molecular weight is 291 g/mol. The SMILES string of the molecule is CC(C)C(=O)N1CCC(NC(=O)c2cccc(=O)[nH]2)CC1. The minimum absolute atomic E-state index is 0.00513. The van der Waals surface area contributed by atoms with Gasteiger partial charge in [0, 0.05) is 31.1 Å². The fourth-order valence-electron chi connectivity index (χ4n) is 2.45. The number of piperidine rings is 1. The number of pyridine rings is 1. The summed E-state index contributed by atoms with van der Waals surface area (Å²) in [6.45, 7) is 5.10. The molecule has 1 aliphatic rings. The molecule has 0 spiro atoms. The van der Waals surface area contributed by atoms with Crippen molar-refractivity contribution in [2.75, 3.05) is 13.1 Å². The summed E-state index contributed by atoms with van der Waals surface area (Å²) in [5, 5.41) is 2.90. The molecule has 114 valence electrons. The van der Waals surface area contributed by atoms with E-state index in [2.05, 4.69) is 10.3 Å². The largest absolute Gasteiger partial charge is 0.348 e. The van der Waals surface area contributed by atoms with Crippen LogP contribution in [0.2, 0.25) is 0 Å². The summed E-state index contributed by atoms with van der Waals surface area (Å²) >= 11 is 0. The Hall–Kier alpha value is -2.11. The smallest absolute Gasteiger partial charge is 0.268 e. The summed E-state index contributed by atoms with van der Waals surface area (Å²) in [6, 6.07) is 4.54. The van der Waals surface area contributed by atoms with Gasteiger partial charge in [0.05, 0.1) is 0 Å². The van der Waals surface area contributed by atoms with E-state index < -0.39 is 0 Å². The molecule has 2 amide bonds. The van der Waals surface area contributed by atoms with Gasteiger partial charge >= 0.3 is 0 Å². The Morgan fingerprint density at radius 2 is 1.95 bits per heavy atom. The third kappa shape index (κ3) is 3.93. The predicted octanol–water partition coefficient (Wildman–Crippen LogP) is 0.752. The summed E-state index contributed by atoms with van der Waals surface area (Å²) in [7, 11) is 0. The van der Waals surface area contributed by atoms with Gasteiger partial charge in [0.15, 0.2) is 0 Å². The number of hydrogen-bond acceptors (Lipinski definition) is 3. The Balaban J connectivity index is 1.88. The van der Waals surface area contributed by atoms with E-state index in [0.29, 0.717) is 13.1 Å². The van der Waals surface area contributed by atoms with E-state index in [1.807, 2.05) is 18.7 Å². The first-order valence-electron chi connectivity index (χ1n) is 7.26. The second-order valence-corrected chi connectivity index (χ2v) is 5.66. The van der Waals surface area contributed by atoms with Crippen molar-refractivity contribution >= 4 is 11.8 Å². The van der Waals surface area contributed by atoms with Crippen LogP contribution >= 0.6 is 0 Å². The number of rotatable bonds is 3. The highest BCUT2D eigenvalue weighted by molar-refractivity contribution is 5.92. The first-order valence-corrected chi connectivity index (χ1v) is 7.26. The number of nitrogens with zero attached hydrogens (tertiary/aromatic N) is 1. The van der Waals surface area contributed by atoms with E-state index in [9.17, 15) is 14.4 Å². The zero-order chi connectivity index (χ0) is 15.4. The maximum absolute atomic E-state index is 12.0. The van der Waals surface area contributed by atoms with E-state index in [-0.39, 0.29) is 35.0 Å². The summed E-state index contributed by atoms with van der Waals surface area (Å²) in [5.74, 6) is -0.112. The Morgan fingerprint density at radius 3 is 2.52 bits per heavy atom. The molecule has 1 aromatic rings. The van der Waals surface area contributed by atoms with Crippen LogP contribution in [-0.2, 0) is 4.79 Å². The second-order valence-electron chi connectivity index (χ2n) is 5.66. The van der Waals surface area contributed by atoms with Gasteiger partial charge in [-0.3, -0.25) is 14.4 Å². The van der Waals surface area contributed by atoms with Crippen molar-refractivity contribution in [2.24, 2.45) is 5.92 Å². The Bertz CT molecular complexity index is 572. The summed E-state index contributed by atoms with van der Waals surface area (Å²) < 4.78 is 0. The van der Waals surface area contributed by atoms with Crippen molar-refractivity contribution in [3.63, 3.8) is 0 Å². The molecule has 1 aromatic heterocycles. The van der Waals surface area contributed by atoms with E-state index >= 15 is 0 Å². The molecule has 1 fully saturated rings. The summed E-state index contributed by atoms with van der Waals surface area (Å²) in [4.78, 5) is 39.5. The van der Waals surface area contributed by atoms with Gasteiger partial charge in [-0.05, 0) is 18.9 Å². The second kappa shape index (κ2) is 6.56. The zero-order valence-electron chi connectivity index (χ0n) is 12.4. The van der Waals surface area contributed by atoms with Crippen LogP contribution in [0.25, 0.3) is 0 Å². The molecule has 6 nitrogen and oxygen atoms in total. The van der Waals surface area contributed by atoms with Crippen LogP contribution in [0.4, 0.5) is 0 Å². The normalized spacial score (nSPS) is 16.0. The lowest BCUT2D eigenvalue weighted by atomic mass is 10.0. The molecule has 0 saturated carbocycles. The van der Waals surface area contributed by atoms with Gasteiger partial charge in [0.25, 0.3) is 5.91 Å². The third-order valence-electron chi connectivity index (χ3n) is 3.65. The number of H-pyrrole nitrogens is 1. The fourth-order valence-corrected chi connectivity index (χ4v) is 2.45. The van der Waals surface area contributed by atoms with Crippen LogP contribution < -0.4 is 10.9 Å². The molecule has 1 aliphatic heterocycles. The maximum Gasteiger partial charge on any atom is 0.268 e.